The predicted octanol–water partition coefficient (Wildman–Crippen LogP) is 2.53. The summed E-state index contributed by atoms with van der Waals surface area (Å²) in [6, 6.07) is 14.5. The van der Waals surface area contributed by atoms with Crippen LogP contribution in [0.2, 0.25) is 5.02 Å². The molecule has 0 saturated heterocycles. The average molecular weight is 361 g/mol. The number of carbonyl (C=O) groups excluding carboxylic acids is 2. The number of phenols is 1. The normalized spacial score (nSPS) is 10.4. The van der Waals surface area contributed by atoms with Gasteiger partial charge in [-0.05, 0) is 29.7 Å². The van der Waals surface area contributed by atoms with E-state index in [1.165, 1.54) is 6.07 Å². The van der Waals surface area contributed by atoms with E-state index in [9.17, 15) is 14.7 Å². The van der Waals surface area contributed by atoms with Crippen molar-refractivity contribution in [2.75, 3.05) is 13.1 Å². The first kappa shape index (κ1) is 18.8. The Morgan fingerprint density at radius 2 is 1.76 bits per heavy atom. The molecule has 2 amide bonds. The van der Waals surface area contributed by atoms with E-state index in [1.54, 1.807) is 17.0 Å². The minimum atomic E-state index is -0.440. The lowest BCUT2D eigenvalue weighted by Gasteiger charge is -2.22. The molecule has 2 rings (SSSR count). The van der Waals surface area contributed by atoms with Crippen molar-refractivity contribution in [3.05, 3.63) is 64.7 Å². The molecule has 2 aromatic carbocycles. The minimum absolute atomic E-state index is 0.0208. The maximum Gasteiger partial charge on any atom is 0.227 e. The molecular formula is C19H21ClN2O3. The standard InChI is InChI=1S/C19H21ClN2O3/c20-16-12-15(6-7-17(16)23)13-19(25)22(11-9-18(21)24)10-8-14-4-2-1-3-5-14/h1-7,12,23H,8-11,13H2,(H2,21,24). The van der Waals surface area contributed by atoms with E-state index in [4.69, 9.17) is 17.3 Å². The molecule has 0 fully saturated rings. The van der Waals surface area contributed by atoms with Gasteiger partial charge in [-0.25, -0.2) is 0 Å². The fourth-order valence-electron chi connectivity index (χ4n) is 2.46. The van der Waals surface area contributed by atoms with Crippen molar-refractivity contribution in [1.82, 2.24) is 4.90 Å². The number of nitrogens with two attached hydrogens (primary N) is 1. The second kappa shape index (κ2) is 9.08. The zero-order valence-corrected chi connectivity index (χ0v) is 14.6. The molecule has 0 spiro atoms. The van der Waals surface area contributed by atoms with Crippen molar-refractivity contribution in [2.24, 2.45) is 5.73 Å². The van der Waals surface area contributed by atoms with Gasteiger partial charge in [0.15, 0.2) is 0 Å². The highest BCUT2D eigenvalue weighted by atomic mass is 35.5. The Bertz CT molecular complexity index is 735. The Labute approximate surface area is 152 Å². The third-order valence-corrected chi connectivity index (χ3v) is 4.16. The van der Waals surface area contributed by atoms with Crippen LogP contribution < -0.4 is 5.73 Å². The molecular weight excluding hydrogens is 340 g/mol. The van der Waals surface area contributed by atoms with E-state index in [-0.39, 0.29) is 36.1 Å². The molecule has 0 saturated carbocycles. The summed E-state index contributed by atoms with van der Waals surface area (Å²) in [5.41, 5.74) is 7.04. The highest BCUT2D eigenvalue weighted by Gasteiger charge is 2.15. The molecule has 3 N–H and O–H groups in total. The molecule has 0 aromatic heterocycles. The molecule has 0 unspecified atom stereocenters. The minimum Gasteiger partial charge on any atom is -0.506 e. The van der Waals surface area contributed by atoms with Crippen LogP contribution in [0, 0.1) is 0 Å². The Hall–Kier alpha value is -2.53. The van der Waals surface area contributed by atoms with Crippen molar-refractivity contribution < 1.29 is 14.7 Å². The highest BCUT2D eigenvalue weighted by molar-refractivity contribution is 6.32. The van der Waals surface area contributed by atoms with E-state index >= 15 is 0 Å². The second-order valence-corrected chi connectivity index (χ2v) is 6.20. The van der Waals surface area contributed by atoms with E-state index < -0.39 is 5.91 Å². The molecule has 0 atom stereocenters. The summed E-state index contributed by atoms with van der Waals surface area (Å²) in [4.78, 5) is 25.3. The maximum atomic E-state index is 12.6. The number of amides is 2. The van der Waals surface area contributed by atoms with Crippen molar-refractivity contribution >= 4 is 23.4 Å². The quantitative estimate of drug-likeness (QED) is 0.758. The summed E-state index contributed by atoms with van der Waals surface area (Å²) in [7, 11) is 0. The maximum absolute atomic E-state index is 12.6. The third kappa shape index (κ3) is 6.12. The van der Waals surface area contributed by atoms with Crippen LogP contribution in [0.1, 0.15) is 17.5 Å². The molecule has 0 aliphatic rings. The Balaban J connectivity index is 2.03. The van der Waals surface area contributed by atoms with Gasteiger partial charge in [0.05, 0.1) is 11.4 Å². The van der Waals surface area contributed by atoms with E-state index in [1.807, 2.05) is 30.3 Å². The molecule has 0 aliphatic heterocycles. The van der Waals surface area contributed by atoms with E-state index in [0.29, 0.717) is 18.5 Å². The highest BCUT2D eigenvalue weighted by Crippen LogP contribution is 2.24. The Morgan fingerprint density at radius 1 is 1.04 bits per heavy atom. The molecule has 132 valence electrons. The zero-order chi connectivity index (χ0) is 18.2. The molecule has 6 heteroatoms. The number of hydrogen-bond donors (Lipinski definition) is 2. The van der Waals surface area contributed by atoms with Gasteiger partial charge in [-0.1, -0.05) is 48.0 Å². The largest absolute Gasteiger partial charge is 0.506 e. The Morgan fingerprint density at radius 3 is 2.40 bits per heavy atom. The van der Waals surface area contributed by atoms with Gasteiger partial charge in [0.1, 0.15) is 5.75 Å². The van der Waals surface area contributed by atoms with Crippen LogP contribution in [-0.2, 0) is 22.4 Å². The number of phenolic OH excluding ortho intramolecular Hbond substituents is 1. The Kier molecular flexibility index (Phi) is 6.83. The van der Waals surface area contributed by atoms with Gasteiger partial charge in [0.2, 0.25) is 11.8 Å². The summed E-state index contributed by atoms with van der Waals surface area (Å²) in [5, 5.41) is 9.67. The van der Waals surface area contributed by atoms with Gasteiger partial charge in [-0.2, -0.15) is 0 Å². The molecule has 0 aliphatic carbocycles. The van der Waals surface area contributed by atoms with Crippen LogP contribution in [0.25, 0.3) is 0 Å². The van der Waals surface area contributed by atoms with Gasteiger partial charge in [0, 0.05) is 19.5 Å². The molecule has 0 radical (unpaired) electrons. The van der Waals surface area contributed by atoms with Crippen molar-refractivity contribution in [3.63, 3.8) is 0 Å². The number of aromatic hydroxyl groups is 1. The number of halogens is 1. The molecule has 5 nitrogen and oxygen atoms in total. The smallest absolute Gasteiger partial charge is 0.227 e. The summed E-state index contributed by atoms with van der Waals surface area (Å²) in [5.74, 6) is -0.573. The van der Waals surface area contributed by atoms with Crippen LogP contribution in [0.4, 0.5) is 0 Å². The first-order valence-corrected chi connectivity index (χ1v) is 8.41. The fourth-order valence-corrected chi connectivity index (χ4v) is 2.67. The molecule has 2 aromatic rings. The van der Waals surface area contributed by atoms with Crippen LogP contribution in [-0.4, -0.2) is 34.9 Å². The number of carbonyl (C=O) groups is 2. The van der Waals surface area contributed by atoms with Crippen molar-refractivity contribution in [3.8, 4) is 5.75 Å². The topological polar surface area (TPSA) is 83.6 Å². The van der Waals surface area contributed by atoms with Gasteiger partial charge in [-0.3, -0.25) is 9.59 Å². The van der Waals surface area contributed by atoms with Gasteiger partial charge in [0.25, 0.3) is 0 Å². The molecule has 0 bridgehead atoms. The SMILES string of the molecule is NC(=O)CCN(CCc1ccccc1)C(=O)Cc1ccc(O)c(Cl)c1. The predicted molar refractivity (Wildman–Crippen MR) is 97.4 cm³/mol. The lowest BCUT2D eigenvalue weighted by atomic mass is 10.1. The van der Waals surface area contributed by atoms with Gasteiger partial charge < -0.3 is 15.7 Å². The summed E-state index contributed by atoms with van der Waals surface area (Å²) in [6.45, 7) is 0.786. The van der Waals surface area contributed by atoms with Crippen LogP contribution in [0.5, 0.6) is 5.75 Å². The summed E-state index contributed by atoms with van der Waals surface area (Å²) >= 11 is 5.88. The lowest BCUT2D eigenvalue weighted by molar-refractivity contribution is -0.131. The van der Waals surface area contributed by atoms with Crippen LogP contribution in [0.15, 0.2) is 48.5 Å². The summed E-state index contributed by atoms with van der Waals surface area (Å²) in [6.07, 6.45) is 0.964. The zero-order valence-electron chi connectivity index (χ0n) is 13.8. The number of nitrogens with zero attached hydrogens (tertiary/aromatic N) is 1. The van der Waals surface area contributed by atoms with Crippen molar-refractivity contribution in [2.45, 2.75) is 19.3 Å². The van der Waals surface area contributed by atoms with Crippen LogP contribution >= 0.6 is 11.6 Å². The number of hydrogen-bond acceptors (Lipinski definition) is 3. The van der Waals surface area contributed by atoms with Crippen LogP contribution in [0.3, 0.4) is 0 Å². The van der Waals surface area contributed by atoms with E-state index in [0.717, 1.165) is 5.56 Å². The van der Waals surface area contributed by atoms with Gasteiger partial charge in [-0.15, -0.1) is 0 Å². The molecule has 25 heavy (non-hydrogen) atoms. The first-order valence-electron chi connectivity index (χ1n) is 8.03. The monoisotopic (exact) mass is 360 g/mol. The average Bonchev–Trinajstić information content (AvgIpc) is 2.58. The van der Waals surface area contributed by atoms with Crippen molar-refractivity contribution in [1.29, 1.82) is 0 Å². The first-order chi connectivity index (χ1) is 12.0. The molecule has 0 heterocycles. The summed E-state index contributed by atoms with van der Waals surface area (Å²) < 4.78 is 0. The van der Waals surface area contributed by atoms with Gasteiger partial charge >= 0.3 is 0 Å². The second-order valence-electron chi connectivity index (χ2n) is 5.80. The van der Waals surface area contributed by atoms with E-state index in [2.05, 4.69) is 0 Å². The third-order valence-electron chi connectivity index (χ3n) is 3.86. The number of primary amides is 1. The fraction of sp³-hybridized carbons (Fsp3) is 0.263. The lowest BCUT2D eigenvalue weighted by Crippen LogP contribution is -2.36. The number of benzene rings is 2. The number of rotatable bonds is 8.